The minimum Gasteiger partial charge on any atom is -0.465 e. The Bertz CT molecular complexity index is 711. The van der Waals surface area contributed by atoms with E-state index in [1.54, 1.807) is 0 Å². The number of halogens is 4. The highest BCUT2D eigenvalue weighted by atomic mass is 35.5. The Morgan fingerprint density at radius 1 is 1.27 bits per heavy atom. The van der Waals surface area contributed by atoms with Gasteiger partial charge in [0, 0.05) is 11.5 Å². The largest absolute Gasteiger partial charge is 0.465 e. The Morgan fingerprint density at radius 2 is 1.92 bits per heavy atom. The van der Waals surface area contributed by atoms with Gasteiger partial charge in [0.25, 0.3) is 0 Å². The van der Waals surface area contributed by atoms with E-state index < -0.39 is 46.1 Å². The van der Waals surface area contributed by atoms with Gasteiger partial charge in [0.15, 0.2) is 17.5 Å². The van der Waals surface area contributed by atoms with Crippen LogP contribution in [0.5, 0.6) is 0 Å². The molecule has 0 aromatic heterocycles. The summed E-state index contributed by atoms with van der Waals surface area (Å²) in [5, 5.41) is -0.459. The van der Waals surface area contributed by atoms with Crippen molar-refractivity contribution in [1.82, 2.24) is 0 Å². The first-order chi connectivity index (χ1) is 12.2. The number of hydrogen-bond donors (Lipinski definition) is 0. The van der Waals surface area contributed by atoms with Crippen LogP contribution in [0.4, 0.5) is 13.2 Å². The van der Waals surface area contributed by atoms with E-state index in [0.29, 0.717) is 31.4 Å². The zero-order chi connectivity index (χ0) is 19.5. The molecule has 1 aromatic carbocycles. The summed E-state index contributed by atoms with van der Waals surface area (Å²) in [5.41, 5.74) is -1.32. The molecule has 1 aliphatic rings. The number of ether oxygens (including phenoxy) is 1. The summed E-state index contributed by atoms with van der Waals surface area (Å²) in [4.78, 5) is 37.3. The van der Waals surface area contributed by atoms with Gasteiger partial charge in [0.05, 0.1) is 17.2 Å². The van der Waals surface area contributed by atoms with Gasteiger partial charge < -0.3 is 4.74 Å². The van der Waals surface area contributed by atoms with E-state index in [9.17, 15) is 27.6 Å². The number of unbranched alkanes of at least 4 members (excludes halogenated alkanes) is 1. The van der Waals surface area contributed by atoms with Gasteiger partial charge in [-0.15, -0.1) is 0 Å². The van der Waals surface area contributed by atoms with Gasteiger partial charge in [0.2, 0.25) is 0 Å². The van der Waals surface area contributed by atoms with E-state index in [0.717, 1.165) is 12.5 Å². The molecule has 0 aliphatic heterocycles. The highest BCUT2D eigenvalue weighted by molar-refractivity contribution is 6.36. The molecular weight excluding hydrogens is 373 g/mol. The van der Waals surface area contributed by atoms with Crippen LogP contribution in [0.3, 0.4) is 0 Å². The number of hydrogen-bond acceptors (Lipinski definition) is 4. The Labute approximate surface area is 153 Å². The molecule has 1 aromatic rings. The number of alkyl halides is 3. The predicted molar refractivity (Wildman–Crippen MR) is 87.9 cm³/mol. The zero-order valence-electron chi connectivity index (χ0n) is 14.1. The normalized spacial score (nSPS) is 15.4. The summed E-state index contributed by atoms with van der Waals surface area (Å²) in [5.74, 6) is -4.55. The van der Waals surface area contributed by atoms with Crippen molar-refractivity contribution < 1.29 is 32.3 Å². The first-order valence-corrected chi connectivity index (χ1v) is 8.66. The van der Waals surface area contributed by atoms with E-state index in [4.69, 9.17) is 16.3 Å². The molecule has 4 nitrogen and oxygen atoms in total. The third kappa shape index (κ3) is 4.84. The lowest BCUT2D eigenvalue weighted by Crippen LogP contribution is -2.35. The van der Waals surface area contributed by atoms with Crippen molar-refractivity contribution in [2.45, 2.75) is 38.8 Å². The summed E-state index contributed by atoms with van der Waals surface area (Å²) >= 11 is 5.82. The molecule has 26 heavy (non-hydrogen) atoms. The van der Waals surface area contributed by atoms with Gasteiger partial charge >= 0.3 is 12.1 Å². The molecule has 0 bridgehead atoms. The minimum atomic E-state index is -4.62. The molecule has 2 rings (SSSR count). The molecule has 1 fully saturated rings. The molecule has 1 aliphatic carbocycles. The highest BCUT2D eigenvalue weighted by Crippen LogP contribution is 2.36. The molecule has 0 radical (unpaired) electrons. The summed E-state index contributed by atoms with van der Waals surface area (Å²) in [7, 11) is 0. The molecule has 0 saturated heterocycles. The number of ketones is 2. The van der Waals surface area contributed by atoms with Crippen molar-refractivity contribution in [1.29, 1.82) is 0 Å². The van der Waals surface area contributed by atoms with Crippen molar-refractivity contribution in [2.75, 3.05) is 6.61 Å². The van der Waals surface area contributed by atoms with E-state index in [1.807, 2.05) is 6.92 Å². The topological polar surface area (TPSA) is 60.4 Å². The van der Waals surface area contributed by atoms with Gasteiger partial charge in [-0.25, -0.2) is 0 Å². The molecule has 142 valence electrons. The van der Waals surface area contributed by atoms with Crippen molar-refractivity contribution in [3.63, 3.8) is 0 Å². The zero-order valence-corrected chi connectivity index (χ0v) is 14.8. The molecule has 1 atom stereocenters. The molecule has 1 unspecified atom stereocenters. The number of Topliss-reactive ketones (excluding diaryl/α,β-unsaturated/α-hetero) is 2. The monoisotopic (exact) mass is 390 g/mol. The second kappa shape index (κ2) is 8.20. The van der Waals surface area contributed by atoms with Crippen LogP contribution in [-0.2, 0) is 20.5 Å². The maximum atomic E-state index is 12.7. The molecule has 8 heteroatoms. The number of benzene rings is 1. The molecule has 0 spiro atoms. The van der Waals surface area contributed by atoms with Gasteiger partial charge in [-0.2, -0.15) is 13.2 Å². The molecule has 0 N–H and O–H groups in total. The molecule has 0 amide bonds. The second-order valence-electron chi connectivity index (χ2n) is 6.19. The van der Waals surface area contributed by atoms with Crippen LogP contribution >= 0.6 is 11.6 Å². The highest BCUT2D eigenvalue weighted by Gasteiger charge is 2.44. The second-order valence-corrected chi connectivity index (χ2v) is 6.59. The van der Waals surface area contributed by atoms with E-state index in [-0.39, 0.29) is 12.2 Å². The Kier molecular flexibility index (Phi) is 6.44. The fourth-order valence-electron chi connectivity index (χ4n) is 2.40. The lowest BCUT2D eigenvalue weighted by Gasteiger charge is -2.15. The van der Waals surface area contributed by atoms with Crippen LogP contribution in [0.25, 0.3) is 0 Å². The lowest BCUT2D eigenvalue weighted by molar-refractivity contribution is -0.150. The average Bonchev–Trinajstić information content (AvgIpc) is 3.39. The van der Waals surface area contributed by atoms with Gasteiger partial charge in [0.1, 0.15) is 0 Å². The van der Waals surface area contributed by atoms with Crippen molar-refractivity contribution in [3.05, 3.63) is 34.3 Å². The van der Waals surface area contributed by atoms with Crippen LogP contribution in [0.1, 0.15) is 48.5 Å². The molecule has 1 saturated carbocycles. The fraction of sp³-hybridized carbons (Fsp3) is 0.500. The fourth-order valence-corrected chi connectivity index (χ4v) is 2.68. The Balaban J connectivity index is 2.28. The van der Waals surface area contributed by atoms with Gasteiger partial charge in [-0.3, -0.25) is 14.4 Å². The molecule has 0 heterocycles. The Morgan fingerprint density at radius 3 is 2.42 bits per heavy atom. The van der Waals surface area contributed by atoms with Gasteiger partial charge in [-0.05, 0) is 37.5 Å². The SMILES string of the molecule is CCCCOC(=O)C(C(=O)c1ccc(C(F)(F)F)cc1Cl)C(=O)C1CC1. The van der Waals surface area contributed by atoms with Crippen LogP contribution in [-0.4, -0.2) is 24.1 Å². The standard InChI is InChI=1S/C18H18ClF3O4/c1-2-3-8-26-17(25)14(15(23)10-4-5-10)16(24)12-7-6-11(9-13(12)19)18(20,21)22/h6-7,9-10,14H,2-5,8H2,1H3. The van der Waals surface area contributed by atoms with E-state index in [1.165, 1.54) is 0 Å². The van der Waals surface area contributed by atoms with Crippen LogP contribution in [0.2, 0.25) is 5.02 Å². The van der Waals surface area contributed by atoms with Crippen LogP contribution < -0.4 is 0 Å². The summed E-state index contributed by atoms with van der Waals surface area (Å²) < 4.78 is 43.2. The average molecular weight is 391 g/mol. The number of carbonyl (C=O) groups excluding carboxylic acids is 3. The first-order valence-electron chi connectivity index (χ1n) is 8.28. The maximum absolute atomic E-state index is 12.7. The number of rotatable bonds is 8. The summed E-state index contributed by atoms with van der Waals surface area (Å²) in [6, 6.07) is 2.19. The number of esters is 1. The van der Waals surface area contributed by atoms with Crippen molar-refractivity contribution in [3.8, 4) is 0 Å². The van der Waals surface area contributed by atoms with Crippen LogP contribution in [0, 0.1) is 11.8 Å². The smallest absolute Gasteiger partial charge is 0.416 e. The Hall–Kier alpha value is -1.89. The molecular formula is C18H18ClF3O4. The minimum absolute atomic E-state index is 0.0673. The van der Waals surface area contributed by atoms with E-state index >= 15 is 0 Å². The third-order valence-electron chi connectivity index (χ3n) is 4.07. The third-order valence-corrected chi connectivity index (χ3v) is 4.38. The van der Waals surface area contributed by atoms with Crippen LogP contribution in [0.15, 0.2) is 18.2 Å². The lowest BCUT2D eigenvalue weighted by atomic mass is 9.91. The van der Waals surface area contributed by atoms with Gasteiger partial charge in [-0.1, -0.05) is 24.9 Å². The summed E-state index contributed by atoms with van der Waals surface area (Å²) in [6.07, 6.45) is -2.14. The quantitative estimate of drug-likeness (QED) is 0.284. The summed E-state index contributed by atoms with van der Waals surface area (Å²) in [6.45, 7) is 1.95. The predicted octanol–water partition coefficient (Wildman–Crippen LogP) is 4.48. The van der Waals surface area contributed by atoms with E-state index in [2.05, 4.69) is 0 Å². The maximum Gasteiger partial charge on any atom is 0.416 e. The first kappa shape index (κ1) is 20.4. The number of carbonyl (C=O) groups is 3. The van der Waals surface area contributed by atoms with Crippen molar-refractivity contribution >= 4 is 29.1 Å². The van der Waals surface area contributed by atoms with Crippen molar-refractivity contribution in [2.24, 2.45) is 11.8 Å².